The number of para-hydroxylation sites is 5. The Hall–Kier alpha value is -8.74. The smallest absolute Gasteiger partial charge is 0.256 e. The standard InChI is InChI=1S/C61H42BN3O2/c1-41-29-31-46(32-30-41)64(55-27-16-26-51-50-25-14-15-28-57(50)66-60(51)55)48-34-37-53-58(40-48)67-61-49(42-17-6-2-7-18-42)35-38-54-59(61)62(53)52-36-33-47(39-56(52)65(54)45-23-12-5-13-24-45)63(43-19-8-3-9-20-43)44-21-10-4-11-22-44/h2-40H,1H3. The Balaban J connectivity index is 1.05. The topological polar surface area (TPSA) is 32.1 Å². The SMILES string of the molecule is Cc1ccc(N(c2ccc3c(c2)Oc2c(-c4ccccc4)ccc4c2B3c2ccc(N(c3ccccc3)c3ccccc3)cc2N4c2ccccc2)c2cccc3c2oc2ccccc23)cc1. The zero-order valence-electron chi connectivity index (χ0n) is 36.8. The van der Waals surface area contributed by atoms with E-state index < -0.39 is 0 Å². The maximum atomic E-state index is 7.42. The molecule has 0 N–H and O–H groups in total. The summed E-state index contributed by atoms with van der Waals surface area (Å²) in [5.74, 6) is 1.68. The Morgan fingerprint density at radius 1 is 0.448 bits per heavy atom. The van der Waals surface area contributed by atoms with Crippen LogP contribution in [0.2, 0.25) is 0 Å². The largest absolute Gasteiger partial charge is 0.458 e. The van der Waals surface area contributed by atoms with E-state index in [0.717, 1.165) is 107 Å². The molecule has 0 saturated carbocycles. The molecule has 13 rings (SSSR count). The van der Waals surface area contributed by atoms with Crippen LogP contribution >= 0.6 is 0 Å². The molecular weight excluding hydrogens is 818 g/mol. The summed E-state index contributed by atoms with van der Waals surface area (Å²) < 4.78 is 14.1. The van der Waals surface area contributed by atoms with Gasteiger partial charge in [-0.2, -0.15) is 0 Å². The highest BCUT2D eigenvalue weighted by Gasteiger charge is 2.43. The van der Waals surface area contributed by atoms with E-state index in [1.807, 2.05) is 12.1 Å². The van der Waals surface area contributed by atoms with Gasteiger partial charge in [-0.3, -0.25) is 0 Å². The summed E-state index contributed by atoms with van der Waals surface area (Å²) in [5, 5.41) is 2.17. The quantitative estimate of drug-likeness (QED) is 0.142. The molecule has 67 heavy (non-hydrogen) atoms. The molecule has 0 saturated heterocycles. The number of aryl methyl sites for hydroxylation is 1. The van der Waals surface area contributed by atoms with Crippen molar-refractivity contribution in [2.24, 2.45) is 0 Å². The number of hydrogen-bond donors (Lipinski definition) is 0. The predicted molar refractivity (Wildman–Crippen MR) is 279 cm³/mol. The first-order chi connectivity index (χ1) is 33.2. The van der Waals surface area contributed by atoms with Crippen molar-refractivity contribution in [1.82, 2.24) is 0 Å². The lowest BCUT2D eigenvalue weighted by molar-refractivity contribution is 0.489. The summed E-state index contributed by atoms with van der Waals surface area (Å²) in [6.07, 6.45) is 0. The molecule has 0 amide bonds. The van der Waals surface area contributed by atoms with Crippen molar-refractivity contribution in [3.63, 3.8) is 0 Å². The Bertz CT molecular complexity index is 3600. The van der Waals surface area contributed by atoms with E-state index >= 15 is 0 Å². The highest BCUT2D eigenvalue weighted by molar-refractivity contribution is 6.99. The van der Waals surface area contributed by atoms with Gasteiger partial charge in [0.1, 0.15) is 17.1 Å². The van der Waals surface area contributed by atoms with Gasteiger partial charge in [0.15, 0.2) is 5.58 Å². The van der Waals surface area contributed by atoms with Gasteiger partial charge in [-0.1, -0.05) is 145 Å². The van der Waals surface area contributed by atoms with Gasteiger partial charge < -0.3 is 23.9 Å². The van der Waals surface area contributed by atoms with E-state index in [4.69, 9.17) is 9.15 Å². The average Bonchev–Trinajstić information content (AvgIpc) is 3.78. The Morgan fingerprint density at radius 2 is 1.04 bits per heavy atom. The van der Waals surface area contributed by atoms with Gasteiger partial charge in [0.05, 0.1) is 5.69 Å². The van der Waals surface area contributed by atoms with E-state index in [9.17, 15) is 0 Å². The molecule has 3 heterocycles. The fraction of sp³-hybridized carbons (Fsp3) is 0.0164. The summed E-state index contributed by atoms with van der Waals surface area (Å²) in [7, 11) is 0. The van der Waals surface area contributed by atoms with Crippen LogP contribution in [0, 0.1) is 6.92 Å². The molecule has 0 atom stereocenters. The summed E-state index contributed by atoms with van der Waals surface area (Å²) >= 11 is 0. The number of rotatable bonds is 8. The summed E-state index contributed by atoms with van der Waals surface area (Å²) in [6.45, 7) is 1.99. The van der Waals surface area contributed by atoms with E-state index in [2.05, 4.69) is 246 Å². The molecule has 0 aliphatic carbocycles. The number of furan rings is 1. The van der Waals surface area contributed by atoms with Crippen LogP contribution < -0.4 is 35.8 Å². The fourth-order valence-corrected chi connectivity index (χ4v) is 10.3. The van der Waals surface area contributed by atoms with Crippen LogP contribution in [0.5, 0.6) is 11.5 Å². The second-order valence-electron chi connectivity index (χ2n) is 17.3. The summed E-state index contributed by atoms with van der Waals surface area (Å²) in [4.78, 5) is 7.07. The molecule has 0 bridgehead atoms. The van der Waals surface area contributed by atoms with Crippen molar-refractivity contribution >= 4 is 96.2 Å². The van der Waals surface area contributed by atoms with Crippen molar-refractivity contribution < 1.29 is 9.15 Å². The number of fused-ring (bicyclic) bond motifs is 7. The van der Waals surface area contributed by atoms with Crippen LogP contribution in [-0.4, -0.2) is 6.71 Å². The highest BCUT2D eigenvalue weighted by atomic mass is 16.5. The summed E-state index contributed by atoms with van der Waals surface area (Å²) in [6, 6.07) is 84.3. The van der Waals surface area contributed by atoms with Crippen LogP contribution in [0.15, 0.2) is 241 Å². The third-order valence-corrected chi connectivity index (χ3v) is 13.3. The Morgan fingerprint density at radius 3 is 1.78 bits per heavy atom. The van der Waals surface area contributed by atoms with Crippen molar-refractivity contribution in [1.29, 1.82) is 0 Å². The molecule has 1 aromatic heterocycles. The van der Waals surface area contributed by atoms with Gasteiger partial charge >= 0.3 is 0 Å². The molecule has 316 valence electrons. The van der Waals surface area contributed by atoms with Crippen LogP contribution in [0.1, 0.15) is 5.56 Å². The molecule has 0 spiro atoms. The minimum Gasteiger partial charge on any atom is -0.458 e. The molecule has 2 aliphatic rings. The number of ether oxygens (including phenoxy) is 1. The molecule has 2 aliphatic heterocycles. The molecule has 10 aromatic carbocycles. The van der Waals surface area contributed by atoms with Gasteiger partial charge in [0.25, 0.3) is 6.71 Å². The van der Waals surface area contributed by atoms with Gasteiger partial charge in [0.2, 0.25) is 0 Å². The predicted octanol–water partition coefficient (Wildman–Crippen LogP) is 14.9. The first kappa shape index (κ1) is 38.7. The van der Waals surface area contributed by atoms with Crippen molar-refractivity contribution in [3.05, 3.63) is 242 Å². The van der Waals surface area contributed by atoms with Crippen molar-refractivity contribution in [2.45, 2.75) is 6.92 Å². The monoisotopic (exact) mass is 859 g/mol. The maximum Gasteiger partial charge on any atom is 0.256 e. The third kappa shape index (κ3) is 6.40. The molecule has 11 aromatic rings. The first-order valence-electron chi connectivity index (χ1n) is 22.9. The van der Waals surface area contributed by atoms with E-state index in [-0.39, 0.29) is 6.71 Å². The molecular formula is C61H42BN3O2. The Kier molecular flexibility index (Phi) is 9.10. The second-order valence-corrected chi connectivity index (χ2v) is 17.3. The van der Waals surface area contributed by atoms with Gasteiger partial charge in [-0.05, 0) is 120 Å². The molecule has 6 heteroatoms. The first-order valence-corrected chi connectivity index (χ1v) is 22.9. The molecule has 5 nitrogen and oxygen atoms in total. The van der Waals surface area contributed by atoms with E-state index in [1.165, 1.54) is 11.0 Å². The minimum absolute atomic E-state index is 0.135. The molecule has 0 unspecified atom stereocenters. The lowest BCUT2D eigenvalue weighted by Gasteiger charge is -2.41. The minimum atomic E-state index is -0.135. The number of hydrogen-bond acceptors (Lipinski definition) is 5. The molecule has 0 fully saturated rings. The normalized spacial score (nSPS) is 12.3. The lowest BCUT2D eigenvalue weighted by atomic mass is 9.34. The van der Waals surface area contributed by atoms with Gasteiger partial charge in [0, 0.05) is 67.9 Å². The van der Waals surface area contributed by atoms with Gasteiger partial charge in [-0.15, -0.1) is 0 Å². The second kappa shape index (κ2) is 15.8. The van der Waals surface area contributed by atoms with Gasteiger partial charge in [-0.25, -0.2) is 0 Å². The third-order valence-electron chi connectivity index (χ3n) is 13.3. The van der Waals surface area contributed by atoms with E-state index in [0.29, 0.717) is 0 Å². The number of nitrogens with zero attached hydrogens (tertiary/aromatic N) is 3. The van der Waals surface area contributed by atoms with Crippen LogP contribution in [-0.2, 0) is 0 Å². The lowest BCUT2D eigenvalue weighted by Crippen LogP contribution is -2.59. The van der Waals surface area contributed by atoms with Crippen molar-refractivity contribution in [3.8, 4) is 22.6 Å². The zero-order valence-corrected chi connectivity index (χ0v) is 36.8. The average molecular weight is 860 g/mol. The van der Waals surface area contributed by atoms with Crippen LogP contribution in [0.4, 0.5) is 51.2 Å². The van der Waals surface area contributed by atoms with Crippen LogP contribution in [0.25, 0.3) is 33.1 Å². The summed E-state index contributed by atoms with van der Waals surface area (Å²) in [5.41, 5.74) is 18.0. The van der Waals surface area contributed by atoms with E-state index in [1.54, 1.807) is 0 Å². The van der Waals surface area contributed by atoms with Crippen LogP contribution in [0.3, 0.4) is 0 Å². The maximum absolute atomic E-state index is 7.42. The zero-order chi connectivity index (χ0) is 44.4. The highest BCUT2D eigenvalue weighted by Crippen LogP contribution is 2.48. The number of benzene rings is 10. The fourth-order valence-electron chi connectivity index (χ4n) is 10.3. The van der Waals surface area contributed by atoms with Crippen molar-refractivity contribution in [2.75, 3.05) is 14.7 Å². The number of anilines is 9. The Labute approximate surface area is 390 Å². The molecule has 0 radical (unpaired) electrons.